The van der Waals surface area contributed by atoms with E-state index >= 15 is 0 Å². The van der Waals surface area contributed by atoms with Gasteiger partial charge in [0.05, 0.1) is 17.5 Å². The van der Waals surface area contributed by atoms with Crippen LogP contribution in [0.3, 0.4) is 0 Å². The lowest BCUT2D eigenvalue weighted by Gasteiger charge is -2.19. The average Bonchev–Trinajstić information content (AvgIpc) is 2.73. The molecule has 176 valence electrons. The summed E-state index contributed by atoms with van der Waals surface area (Å²) in [5.41, 5.74) is 0.517. The van der Waals surface area contributed by atoms with E-state index in [2.05, 4.69) is 0 Å². The predicted molar refractivity (Wildman–Crippen MR) is 126 cm³/mol. The summed E-state index contributed by atoms with van der Waals surface area (Å²) < 4.78 is 72.2. The normalized spacial score (nSPS) is 12.0. The standard InChI is InChI=1S/C25H20F3NO4S/c1-15-12-17-13-18(30)8-10-20(17)24(23(15)16-6-4-3-5-7-16)33-19-9-11-22(29-34(2,31)32)21(14-19)25(26,27)28/h3-14,29-30H,1-2H3. The first-order valence-electron chi connectivity index (χ1n) is 10.1. The number of phenols is 1. The maximum atomic E-state index is 13.7. The van der Waals surface area contributed by atoms with Gasteiger partial charge in [0.2, 0.25) is 10.0 Å². The topological polar surface area (TPSA) is 75.6 Å². The summed E-state index contributed by atoms with van der Waals surface area (Å²) >= 11 is 0. The van der Waals surface area contributed by atoms with E-state index in [9.17, 15) is 26.7 Å². The molecule has 0 saturated carbocycles. The van der Waals surface area contributed by atoms with Gasteiger partial charge in [-0.1, -0.05) is 36.4 Å². The minimum atomic E-state index is -4.82. The van der Waals surface area contributed by atoms with Crippen molar-refractivity contribution in [1.29, 1.82) is 0 Å². The number of alkyl halides is 3. The summed E-state index contributed by atoms with van der Waals surface area (Å²) in [5, 5.41) is 11.2. The lowest BCUT2D eigenvalue weighted by molar-refractivity contribution is -0.137. The third-order valence-corrected chi connectivity index (χ3v) is 5.74. The van der Waals surface area contributed by atoms with Crippen molar-refractivity contribution < 1.29 is 31.4 Å². The summed E-state index contributed by atoms with van der Waals surface area (Å²) in [5.74, 6) is 0.238. The van der Waals surface area contributed by atoms with Crippen LogP contribution in [-0.4, -0.2) is 19.8 Å². The molecule has 0 atom stereocenters. The first kappa shape index (κ1) is 23.4. The Kier molecular flexibility index (Phi) is 5.91. The first-order valence-corrected chi connectivity index (χ1v) is 12.0. The highest BCUT2D eigenvalue weighted by molar-refractivity contribution is 7.92. The minimum Gasteiger partial charge on any atom is -0.508 e. The van der Waals surface area contributed by atoms with Crippen molar-refractivity contribution in [1.82, 2.24) is 0 Å². The van der Waals surface area contributed by atoms with Gasteiger partial charge in [-0.25, -0.2) is 8.42 Å². The van der Waals surface area contributed by atoms with Gasteiger partial charge in [-0.15, -0.1) is 0 Å². The van der Waals surface area contributed by atoms with E-state index in [-0.39, 0.29) is 11.5 Å². The molecule has 0 aromatic heterocycles. The van der Waals surface area contributed by atoms with Crippen molar-refractivity contribution in [2.75, 3.05) is 11.0 Å². The molecule has 34 heavy (non-hydrogen) atoms. The Morgan fingerprint density at radius 2 is 1.65 bits per heavy atom. The zero-order valence-corrected chi connectivity index (χ0v) is 19.0. The molecule has 4 aromatic rings. The lowest BCUT2D eigenvalue weighted by atomic mass is 9.94. The number of ether oxygens (including phenoxy) is 1. The molecular formula is C25H20F3NO4S. The molecule has 0 fully saturated rings. The van der Waals surface area contributed by atoms with Crippen molar-refractivity contribution in [2.45, 2.75) is 13.1 Å². The number of halogens is 3. The highest BCUT2D eigenvalue weighted by atomic mass is 32.2. The van der Waals surface area contributed by atoms with Crippen LogP contribution in [0.1, 0.15) is 11.1 Å². The smallest absolute Gasteiger partial charge is 0.418 e. The molecule has 0 radical (unpaired) electrons. The van der Waals surface area contributed by atoms with E-state index in [0.29, 0.717) is 22.1 Å². The summed E-state index contributed by atoms with van der Waals surface area (Å²) in [6, 6.07) is 18.8. The fraction of sp³-hybridized carbons (Fsp3) is 0.120. The summed E-state index contributed by atoms with van der Waals surface area (Å²) in [6.07, 6.45) is -4.05. The van der Waals surface area contributed by atoms with E-state index < -0.39 is 27.5 Å². The average molecular weight is 487 g/mol. The molecule has 9 heteroatoms. The second kappa shape index (κ2) is 8.57. The summed E-state index contributed by atoms with van der Waals surface area (Å²) in [6.45, 7) is 1.85. The molecule has 0 aliphatic rings. The van der Waals surface area contributed by atoms with Gasteiger partial charge in [-0.05, 0) is 59.8 Å². The Balaban J connectivity index is 1.92. The summed E-state index contributed by atoms with van der Waals surface area (Å²) in [7, 11) is -3.93. The quantitative estimate of drug-likeness (QED) is 0.328. The zero-order valence-electron chi connectivity index (χ0n) is 18.1. The number of hydrogen-bond donors (Lipinski definition) is 2. The van der Waals surface area contributed by atoms with Crippen molar-refractivity contribution in [2.24, 2.45) is 0 Å². The van der Waals surface area contributed by atoms with Gasteiger partial charge in [0.15, 0.2) is 0 Å². The Bertz CT molecular complexity index is 1480. The molecule has 0 spiro atoms. The molecule has 0 aliphatic heterocycles. The van der Waals surface area contributed by atoms with E-state index in [0.717, 1.165) is 29.5 Å². The number of hydrogen-bond acceptors (Lipinski definition) is 4. The van der Waals surface area contributed by atoms with Crippen LogP contribution in [0.4, 0.5) is 18.9 Å². The van der Waals surface area contributed by atoms with Crippen LogP contribution < -0.4 is 9.46 Å². The molecule has 0 heterocycles. The first-order chi connectivity index (χ1) is 15.9. The van der Waals surface area contributed by atoms with Crippen molar-refractivity contribution in [3.8, 4) is 28.4 Å². The molecule has 0 unspecified atom stereocenters. The van der Waals surface area contributed by atoms with Gasteiger partial charge in [0, 0.05) is 10.9 Å². The van der Waals surface area contributed by atoms with Crippen LogP contribution in [0, 0.1) is 6.92 Å². The molecule has 0 aliphatic carbocycles. The highest BCUT2D eigenvalue weighted by Crippen LogP contribution is 2.44. The largest absolute Gasteiger partial charge is 0.508 e. The van der Waals surface area contributed by atoms with Gasteiger partial charge >= 0.3 is 6.18 Å². The minimum absolute atomic E-state index is 0.0425. The number of fused-ring (bicyclic) bond motifs is 1. The van der Waals surface area contributed by atoms with Gasteiger partial charge in [-0.3, -0.25) is 4.72 Å². The van der Waals surface area contributed by atoms with Crippen LogP contribution in [0.2, 0.25) is 0 Å². The number of nitrogens with one attached hydrogen (secondary N) is 1. The van der Waals surface area contributed by atoms with E-state index in [1.165, 1.54) is 12.1 Å². The number of benzene rings is 4. The fourth-order valence-corrected chi connectivity index (χ4v) is 4.37. The number of rotatable bonds is 5. The van der Waals surface area contributed by atoms with Crippen LogP contribution in [0.15, 0.2) is 72.8 Å². The second-order valence-electron chi connectivity index (χ2n) is 7.85. The third kappa shape index (κ3) is 4.94. The molecule has 0 amide bonds. The lowest BCUT2D eigenvalue weighted by Crippen LogP contribution is -2.15. The highest BCUT2D eigenvalue weighted by Gasteiger charge is 2.35. The van der Waals surface area contributed by atoms with E-state index in [1.807, 2.05) is 48.0 Å². The van der Waals surface area contributed by atoms with Gasteiger partial charge in [0.25, 0.3) is 0 Å². The van der Waals surface area contributed by atoms with Crippen LogP contribution >= 0.6 is 0 Å². The van der Waals surface area contributed by atoms with E-state index in [4.69, 9.17) is 4.74 Å². The maximum absolute atomic E-state index is 13.7. The molecule has 4 rings (SSSR count). The van der Waals surface area contributed by atoms with Crippen molar-refractivity contribution in [3.05, 3.63) is 83.9 Å². The molecule has 0 bridgehead atoms. The van der Waals surface area contributed by atoms with Crippen LogP contribution in [0.5, 0.6) is 17.2 Å². The number of aryl methyl sites for hydroxylation is 1. The molecule has 2 N–H and O–H groups in total. The number of sulfonamides is 1. The molecule has 5 nitrogen and oxygen atoms in total. The zero-order chi connectivity index (χ0) is 24.7. The maximum Gasteiger partial charge on any atom is 0.418 e. The predicted octanol–water partition coefficient (Wildman–Crippen LogP) is 6.70. The van der Waals surface area contributed by atoms with Crippen molar-refractivity contribution >= 4 is 26.5 Å². The number of anilines is 1. The van der Waals surface area contributed by atoms with Gasteiger partial charge in [-0.2, -0.15) is 13.2 Å². The monoisotopic (exact) mass is 487 g/mol. The Hall–Kier alpha value is -3.72. The Morgan fingerprint density at radius 3 is 2.29 bits per heavy atom. The van der Waals surface area contributed by atoms with E-state index in [1.54, 1.807) is 12.1 Å². The van der Waals surface area contributed by atoms with Crippen LogP contribution in [0.25, 0.3) is 21.9 Å². The third-order valence-electron chi connectivity index (χ3n) is 5.15. The fourth-order valence-electron chi connectivity index (χ4n) is 3.79. The number of aromatic hydroxyl groups is 1. The molecular weight excluding hydrogens is 467 g/mol. The second-order valence-corrected chi connectivity index (χ2v) is 9.60. The van der Waals surface area contributed by atoms with Gasteiger partial charge < -0.3 is 9.84 Å². The van der Waals surface area contributed by atoms with Gasteiger partial charge in [0.1, 0.15) is 17.2 Å². The number of phenolic OH excluding ortho intramolecular Hbond substituents is 1. The summed E-state index contributed by atoms with van der Waals surface area (Å²) in [4.78, 5) is 0. The SMILES string of the molecule is Cc1cc2cc(O)ccc2c(Oc2ccc(NS(C)(=O)=O)c(C(F)(F)F)c2)c1-c1ccccc1. The Morgan fingerprint density at radius 1 is 0.941 bits per heavy atom. The van der Waals surface area contributed by atoms with Crippen molar-refractivity contribution in [3.63, 3.8) is 0 Å². The Labute approximate surface area is 194 Å². The molecule has 4 aromatic carbocycles. The molecule has 0 saturated heterocycles. The van der Waals surface area contributed by atoms with Crippen LogP contribution in [-0.2, 0) is 16.2 Å².